The Bertz CT molecular complexity index is 1240. The van der Waals surface area contributed by atoms with Crippen LogP contribution < -0.4 is 5.56 Å². The van der Waals surface area contributed by atoms with Crippen molar-refractivity contribution in [1.82, 2.24) is 9.78 Å². The predicted octanol–water partition coefficient (Wildman–Crippen LogP) is 6.27. The van der Waals surface area contributed by atoms with Gasteiger partial charge < -0.3 is 0 Å². The SMILES string of the molecule is O=c1c(N=Nc2cccc(C(F)(F)F)c2)c(-c2ccccc2)[nH]n1-c1ccccc1. The molecule has 30 heavy (non-hydrogen) atoms. The minimum Gasteiger partial charge on any atom is -0.288 e. The van der Waals surface area contributed by atoms with Gasteiger partial charge in [0, 0.05) is 5.56 Å². The quantitative estimate of drug-likeness (QED) is 0.398. The summed E-state index contributed by atoms with van der Waals surface area (Å²) in [7, 11) is 0. The van der Waals surface area contributed by atoms with E-state index in [4.69, 9.17) is 0 Å². The van der Waals surface area contributed by atoms with E-state index in [9.17, 15) is 18.0 Å². The van der Waals surface area contributed by atoms with Crippen molar-refractivity contribution >= 4 is 11.4 Å². The molecule has 0 unspecified atom stereocenters. The summed E-state index contributed by atoms with van der Waals surface area (Å²) in [4.78, 5) is 13.0. The first-order chi connectivity index (χ1) is 14.4. The summed E-state index contributed by atoms with van der Waals surface area (Å²) in [6.07, 6.45) is -4.49. The van der Waals surface area contributed by atoms with Crippen molar-refractivity contribution in [3.63, 3.8) is 0 Å². The normalized spacial score (nSPS) is 11.8. The molecule has 150 valence electrons. The second-order valence-electron chi connectivity index (χ2n) is 6.43. The number of hydrogen-bond acceptors (Lipinski definition) is 3. The molecule has 0 amide bonds. The van der Waals surface area contributed by atoms with E-state index in [1.165, 1.54) is 16.8 Å². The highest BCUT2D eigenvalue weighted by Crippen LogP contribution is 2.32. The second-order valence-corrected chi connectivity index (χ2v) is 6.43. The first-order valence-corrected chi connectivity index (χ1v) is 8.98. The summed E-state index contributed by atoms with van der Waals surface area (Å²) < 4.78 is 40.1. The van der Waals surface area contributed by atoms with Crippen LogP contribution in [0.2, 0.25) is 0 Å². The summed E-state index contributed by atoms with van der Waals surface area (Å²) in [5.74, 6) is 0. The maximum atomic E-state index is 13.0. The standard InChI is InChI=1S/C22H15F3N4O/c23-22(24,25)16-10-7-11-17(14-16)26-27-20-19(15-8-3-1-4-9-15)28-29(21(20)30)18-12-5-2-6-13-18/h1-14,28H. The highest BCUT2D eigenvalue weighted by Gasteiger charge is 2.30. The van der Waals surface area contributed by atoms with Crippen LogP contribution in [0.25, 0.3) is 16.9 Å². The topological polar surface area (TPSA) is 62.5 Å². The van der Waals surface area contributed by atoms with E-state index < -0.39 is 17.3 Å². The minimum absolute atomic E-state index is 0.00228. The largest absolute Gasteiger partial charge is 0.416 e. The highest BCUT2D eigenvalue weighted by atomic mass is 19.4. The Morgan fingerprint density at radius 1 is 0.800 bits per heavy atom. The average Bonchev–Trinajstić information content (AvgIpc) is 3.09. The zero-order valence-corrected chi connectivity index (χ0v) is 15.5. The lowest BCUT2D eigenvalue weighted by atomic mass is 10.1. The Labute approximate surface area is 169 Å². The van der Waals surface area contributed by atoms with Gasteiger partial charge in [-0.1, -0.05) is 54.6 Å². The van der Waals surface area contributed by atoms with Gasteiger partial charge in [0.2, 0.25) is 0 Å². The number of azo groups is 1. The Morgan fingerprint density at radius 2 is 1.47 bits per heavy atom. The van der Waals surface area contributed by atoms with Gasteiger partial charge in [0.15, 0.2) is 5.69 Å². The van der Waals surface area contributed by atoms with Gasteiger partial charge in [-0.3, -0.25) is 9.89 Å². The van der Waals surface area contributed by atoms with Gasteiger partial charge in [-0.15, -0.1) is 5.11 Å². The number of nitrogens with one attached hydrogen (secondary N) is 1. The molecule has 0 aliphatic carbocycles. The number of benzene rings is 3. The summed E-state index contributed by atoms with van der Waals surface area (Å²) in [6, 6.07) is 22.4. The maximum Gasteiger partial charge on any atom is 0.416 e. The molecule has 0 aliphatic rings. The molecule has 5 nitrogen and oxygen atoms in total. The molecule has 4 aromatic rings. The molecule has 0 bridgehead atoms. The number of nitrogens with zero attached hydrogens (tertiary/aromatic N) is 3. The molecule has 8 heteroatoms. The van der Waals surface area contributed by atoms with Crippen LogP contribution in [0, 0.1) is 0 Å². The van der Waals surface area contributed by atoms with Crippen molar-refractivity contribution in [2.24, 2.45) is 10.2 Å². The van der Waals surface area contributed by atoms with Crippen LogP contribution in [0.15, 0.2) is 100.0 Å². The fraction of sp³-hybridized carbons (Fsp3) is 0.0455. The van der Waals surface area contributed by atoms with Gasteiger partial charge in [0.25, 0.3) is 5.56 Å². The molecule has 0 atom stereocenters. The molecule has 1 aromatic heterocycles. The molecule has 0 spiro atoms. The van der Waals surface area contributed by atoms with Crippen LogP contribution in [0.4, 0.5) is 24.5 Å². The smallest absolute Gasteiger partial charge is 0.288 e. The van der Waals surface area contributed by atoms with Gasteiger partial charge >= 0.3 is 6.18 Å². The fourth-order valence-corrected chi connectivity index (χ4v) is 2.94. The van der Waals surface area contributed by atoms with Gasteiger partial charge in [-0.2, -0.15) is 18.3 Å². The lowest BCUT2D eigenvalue weighted by Gasteiger charge is -2.05. The molecule has 0 fully saturated rings. The maximum absolute atomic E-state index is 13.0. The summed E-state index contributed by atoms with van der Waals surface area (Å²) in [5.41, 5.74) is 0.412. The fourth-order valence-electron chi connectivity index (χ4n) is 2.94. The van der Waals surface area contributed by atoms with E-state index in [2.05, 4.69) is 15.3 Å². The molecule has 1 N–H and O–H groups in total. The monoisotopic (exact) mass is 408 g/mol. The van der Waals surface area contributed by atoms with E-state index in [1.807, 2.05) is 12.1 Å². The number of H-pyrrole nitrogens is 1. The van der Waals surface area contributed by atoms with E-state index >= 15 is 0 Å². The van der Waals surface area contributed by atoms with Gasteiger partial charge in [-0.05, 0) is 30.3 Å². The number of aromatic nitrogens is 2. The molecule has 0 saturated heterocycles. The number of para-hydroxylation sites is 1. The summed E-state index contributed by atoms with van der Waals surface area (Å²) in [5, 5.41) is 10.9. The second kappa shape index (κ2) is 7.82. The predicted molar refractivity (Wildman–Crippen MR) is 107 cm³/mol. The number of alkyl halides is 3. The van der Waals surface area contributed by atoms with Crippen molar-refractivity contribution < 1.29 is 13.2 Å². The Balaban J connectivity index is 1.82. The Morgan fingerprint density at radius 3 is 2.13 bits per heavy atom. The van der Waals surface area contributed by atoms with E-state index in [0.717, 1.165) is 12.1 Å². The number of halogens is 3. The van der Waals surface area contributed by atoms with E-state index in [0.29, 0.717) is 16.9 Å². The summed E-state index contributed by atoms with van der Waals surface area (Å²) >= 11 is 0. The van der Waals surface area contributed by atoms with Crippen molar-refractivity contribution in [2.45, 2.75) is 6.18 Å². The van der Waals surface area contributed by atoms with Crippen LogP contribution in [-0.2, 0) is 6.18 Å². The molecular formula is C22H15F3N4O. The molecule has 0 aliphatic heterocycles. The minimum atomic E-state index is -4.49. The zero-order valence-electron chi connectivity index (χ0n) is 15.5. The van der Waals surface area contributed by atoms with Gasteiger partial charge in [-0.25, -0.2) is 4.68 Å². The average molecular weight is 408 g/mol. The van der Waals surface area contributed by atoms with Crippen molar-refractivity contribution in [3.8, 4) is 16.9 Å². The summed E-state index contributed by atoms with van der Waals surface area (Å²) in [6.45, 7) is 0. The van der Waals surface area contributed by atoms with Crippen LogP contribution >= 0.6 is 0 Å². The van der Waals surface area contributed by atoms with Crippen molar-refractivity contribution in [2.75, 3.05) is 0 Å². The van der Waals surface area contributed by atoms with Crippen LogP contribution in [-0.4, -0.2) is 9.78 Å². The van der Waals surface area contributed by atoms with Gasteiger partial charge in [0.1, 0.15) is 0 Å². The zero-order chi connectivity index (χ0) is 21.1. The molecule has 3 aromatic carbocycles. The first kappa shape index (κ1) is 19.4. The lowest BCUT2D eigenvalue weighted by molar-refractivity contribution is -0.137. The Hall–Kier alpha value is -3.94. The first-order valence-electron chi connectivity index (χ1n) is 8.98. The van der Waals surface area contributed by atoms with E-state index in [-0.39, 0.29) is 11.4 Å². The van der Waals surface area contributed by atoms with E-state index in [1.54, 1.807) is 48.5 Å². The third kappa shape index (κ3) is 3.93. The van der Waals surface area contributed by atoms with Crippen molar-refractivity contribution in [3.05, 3.63) is 101 Å². The number of hydrogen-bond donors (Lipinski definition) is 1. The van der Waals surface area contributed by atoms with Crippen molar-refractivity contribution in [1.29, 1.82) is 0 Å². The molecular weight excluding hydrogens is 393 g/mol. The molecule has 0 radical (unpaired) electrons. The molecule has 1 heterocycles. The third-order valence-corrected chi connectivity index (χ3v) is 4.38. The van der Waals surface area contributed by atoms with Gasteiger partial charge in [0.05, 0.1) is 22.6 Å². The highest BCUT2D eigenvalue weighted by molar-refractivity contribution is 5.71. The number of rotatable bonds is 4. The van der Waals surface area contributed by atoms with Crippen LogP contribution in [0.3, 0.4) is 0 Å². The Kier molecular flexibility index (Phi) is 5.05. The van der Waals surface area contributed by atoms with Crippen LogP contribution in [0.5, 0.6) is 0 Å². The third-order valence-electron chi connectivity index (χ3n) is 4.38. The van der Waals surface area contributed by atoms with Crippen LogP contribution in [0.1, 0.15) is 5.56 Å². The number of aromatic amines is 1. The lowest BCUT2D eigenvalue weighted by Crippen LogP contribution is -2.13. The molecule has 0 saturated carbocycles. The molecule has 4 rings (SSSR count).